The van der Waals surface area contributed by atoms with Crippen LogP contribution in [0.5, 0.6) is 0 Å². The number of hydrogen-bond acceptors (Lipinski definition) is 10. The van der Waals surface area contributed by atoms with Gasteiger partial charge in [-0.2, -0.15) is 0 Å². The zero-order valence-electron chi connectivity index (χ0n) is 29.8. The van der Waals surface area contributed by atoms with E-state index in [4.69, 9.17) is 42.6 Å². The molecule has 49 heavy (non-hydrogen) atoms. The molecule has 276 valence electrons. The van der Waals surface area contributed by atoms with Gasteiger partial charge in [0.2, 0.25) is 0 Å². The number of amides is 1. The van der Waals surface area contributed by atoms with Crippen molar-refractivity contribution in [2.75, 3.05) is 126 Å². The fraction of sp³-hybridized carbons (Fsp3) is 0.658. The lowest BCUT2D eigenvalue weighted by Gasteiger charge is -2.19. The predicted octanol–water partition coefficient (Wildman–Crippen LogP) is 5.58. The molecule has 2 aromatic rings. The van der Waals surface area contributed by atoms with E-state index in [9.17, 15) is 4.79 Å². The van der Waals surface area contributed by atoms with Crippen molar-refractivity contribution < 1.29 is 47.4 Å². The third-order valence-corrected chi connectivity index (χ3v) is 7.97. The molecule has 0 heterocycles. The fourth-order valence-electron chi connectivity index (χ4n) is 5.27. The molecule has 0 aliphatic heterocycles. The summed E-state index contributed by atoms with van der Waals surface area (Å²) in [4.78, 5) is 14.1. The molecule has 0 spiro atoms. The minimum atomic E-state index is -0.359. The van der Waals surface area contributed by atoms with E-state index in [2.05, 4.69) is 31.2 Å². The molecule has 3 rings (SSSR count). The van der Waals surface area contributed by atoms with E-state index in [1.54, 1.807) is 7.05 Å². The van der Waals surface area contributed by atoms with Crippen LogP contribution in [0.3, 0.4) is 0 Å². The van der Waals surface area contributed by atoms with Gasteiger partial charge in [0.05, 0.1) is 99.1 Å². The van der Waals surface area contributed by atoms with E-state index in [-0.39, 0.29) is 12.0 Å². The first-order chi connectivity index (χ1) is 24.2. The van der Waals surface area contributed by atoms with Crippen LogP contribution in [0.25, 0.3) is 11.1 Å². The summed E-state index contributed by atoms with van der Waals surface area (Å²) in [6.07, 6.45) is 4.52. The summed E-state index contributed by atoms with van der Waals surface area (Å²) < 4.78 is 49.9. The lowest BCUT2D eigenvalue weighted by atomic mass is 9.98. The summed E-state index contributed by atoms with van der Waals surface area (Å²) >= 11 is 0. The van der Waals surface area contributed by atoms with Crippen LogP contribution in [-0.2, 0) is 42.6 Å². The summed E-state index contributed by atoms with van der Waals surface area (Å²) in [5.74, 6) is 0.0444. The van der Waals surface area contributed by atoms with Crippen LogP contribution in [0.15, 0.2) is 48.5 Å². The Hall–Kier alpha value is -2.61. The van der Waals surface area contributed by atoms with Gasteiger partial charge < -0.3 is 47.5 Å². The van der Waals surface area contributed by atoms with Crippen molar-refractivity contribution in [3.8, 4) is 11.1 Å². The maximum atomic E-state index is 12.6. The highest BCUT2D eigenvalue weighted by atomic mass is 16.6. The van der Waals surface area contributed by atoms with Crippen molar-refractivity contribution in [1.82, 2.24) is 4.90 Å². The minimum absolute atomic E-state index is 0.0444. The number of benzene rings is 2. The Morgan fingerprint density at radius 2 is 0.918 bits per heavy atom. The van der Waals surface area contributed by atoms with E-state index in [1.807, 2.05) is 24.3 Å². The van der Waals surface area contributed by atoms with Crippen molar-refractivity contribution in [2.24, 2.45) is 0 Å². The molecular weight excluding hydrogens is 630 g/mol. The maximum absolute atomic E-state index is 12.6. The standard InChI is InChI=1S/C38H59NO10/c1-3-4-5-10-16-41-18-20-43-22-24-45-26-28-47-30-31-48-29-27-46-25-23-44-21-19-42-17-15-39(2)38(40)49-32-37-35-13-8-6-11-33(35)34-12-7-9-14-36(34)37/h6-9,11-14,37H,3-5,10,15-32H2,1-2H3. The molecule has 0 unspecified atom stereocenters. The Morgan fingerprint density at radius 1 is 0.531 bits per heavy atom. The minimum Gasteiger partial charge on any atom is -0.448 e. The van der Waals surface area contributed by atoms with Gasteiger partial charge in [-0.05, 0) is 28.7 Å². The van der Waals surface area contributed by atoms with Gasteiger partial charge in [-0.1, -0.05) is 74.7 Å². The van der Waals surface area contributed by atoms with E-state index in [1.165, 1.54) is 46.4 Å². The SMILES string of the molecule is CCCCCCOCCOCCOCCOCCOCCOCCOCCOCCN(C)C(=O)OCC1c2ccccc2-c2ccccc21. The Morgan fingerprint density at radius 3 is 1.35 bits per heavy atom. The van der Waals surface area contributed by atoms with Gasteiger partial charge in [0, 0.05) is 26.1 Å². The van der Waals surface area contributed by atoms with Crippen LogP contribution in [0.4, 0.5) is 4.79 Å². The van der Waals surface area contributed by atoms with Crippen LogP contribution in [0.2, 0.25) is 0 Å². The molecule has 1 aliphatic rings. The number of nitrogens with zero attached hydrogens (tertiary/aromatic N) is 1. The number of fused-ring (bicyclic) bond motifs is 3. The first kappa shape index (κ1) is 40.8. The molecular formula is C38H59NO10. The fourth-order valence-corrected chi connectivity index (χ4v) is 5.27. The first-order valence-corrected chi connectivity index (χ1v) is 17.9. The molecule has 0 N–H and O–H groups in total. The number of unbranched alkanes of at least 4 members (excludes halogenated alkanes) is 3. The number of carbonyl (C=O) groups excluding carboxylic acids is 1. The Balaban J connectivity index is 1.01. The molecule has 0 radical (unpaired) electrons. The van der Waals surface area contributed by atoms with Crippen LogP contribution in [-0.4, -0.2) is 137 Å². The second-order valence-electron chi connectivity index (χ2n) is 11.7. The first-order valence-electron chi connectivity index (χ1n) is 17.9. The largest absolute Gasteiger partial charge is 0.448 e. The van der Waals surface area contributed by atoms with Gasteiger partial charge in [-0.25, -0.2) is 4.79 Å². The topological polar surface area (TPSA) is 103 Å². The van der Waals surface area contributed by atoms with Gasteiger partial charge in [0.25, 0.3) is 0 Å². The van der Waals surface area contributed by atoms with Crippen molar-refractivity contribution in [3.05, 3.63) is 59.7 Å². The number of hydrogen-bond donors (Lipinski definition) is 0. The molecule has 2 aromatic carbocycles. The van der Waals surface area contributed by atoms with Gasteiger partial charge in [0.1, 0.15) is 6.61 Å². The normalized spacial score (nSPS) is 12.3. The monoisotopic (exact) mass is 689 g/mol. The molecule has 0 saturated carbocycles. The summed E-state index contributed by atoms with van der Waals surface area (Å²) in [6, 6.07) is 16.6. The van der Waals surface area contributed by atoms with E-state index < -0.39 is 0 Å². The van der Waals surface area contributed by atoms with Crippen LogP contribution in [0.1, 0.15) is 49.7 Å². The van der Waals surface area contributed by atoms with Gasteiger partial charge in [-0.3, -0.25) is 0 Å². The number of rotatable bonds is 31. The molecule has 1 amide bonds. The highest BCUT2D eigenvalue weighted by molar-refractivity contribution is 5.79. The van der Waals surface area contributed by atoms with Crippen LogP contribution >= 0.6 is 0 Å². The predicted molar refractivity (Wildman–Crippen MR) is 188 cm³/mol. The highest BCUT2D eigenvalue weighted by Crippen LogP contribution is 2.44. The Kier molecular flexibility index (Phi) is 22.6. The van der Waals surface area contributed by atoms with Gasteiger partial charge in [-0.15, -0.1) is 0 Å². The van der Waals surface area contributed by atoms with Crippen molar-refractivity contribution in [1.29, 1.82) is 0 Å². The molecule has 11 heteroatoms. The van der Waals surface area contributed by atoms with Crippen molar-refractivity contribution in [3.63, 3.8) is 0 Å². The summed E-state index contributed by atoms with van der Waals surface area (Å²) in [5, 5.41) is 0. The number of carbonyl (C=O) groups is 1. The summed E-state index contributed by atoms with van der Waals surface area (Å²) in [7, 11) is 1.72. The Labute approximate surface area is 293 Å². The second-order valence-corrected chi connectivity index (χ2v) is 11.7. The molecule has 0 bridgehead atoms. The second kappa shape index (κ2) is 27.2. The lowest BCUT2D eigenvalue weighted by Crippen LogP contribution is -2.32. The van der Waals surface area contributed by atoms with E-state index in [0.29, 0.717) is 112 Å². The average Bonchev–Trinajstić information content (AvgIpc) is 3.45. The smallest absolute Gasteiger partial charge is 0.409 e. The third kappa shape index (κ3) is 17.2. The quantitative estimate of drug-likeness (QED) is 0.0933. The van der Waals surface area contributed by atoms with Crippen LogP contribution in [0, 0.1) is 0 Å². The number of ether oxygens (including phenoxy) is 9. The average molecular weight is 690 g/mol. The Bertz CT molecular complexity index is 1070. The zero-order valence-corrected chi connectivity index (χ0v) is 29.8. The van der Waals surface area contributed by atoms with Gasteiger partial charge in [0.15, 0.2) is 0 Å². The molecule has 11 nitrogen and oxygen atoms in total. The lowest BCUT2D eigenvalue weighted by molar-refractivity contribution is -0.0234. The summed E-state index contributed by atoms with van der Waals surface area (Å²) in [6.45, 7) is 11.4. The molecule has 0 atom stereocenters. The highest BCUT2D eigenvalue weighted by Gasteiger charge is 2.29. The van der Waals surface area contributed by atoms with Crippen molar-refractivity contribution in [2.45, 2.75) is 38.5 Å². The van der Waals surface area contributed by atoms with Gasteiger partial charge >= 0.3 is 6.09 Å². The maximum Gasteiger partial charge on any atom is 0.409 e. The van der Waals surface area contributed by atoms with E-state index in [0.717, 1.165) is 13.0 Å². The molecule has 0 saturated heterocycles. The third-order valence-electron chi connectivity index (χ3n) is 7.97. The summed E-state index contributed by atoms with van der Waals surface area (Å²) in [5.41, 5.74) is 4.81. The number of likely N-dealkylation sites (N-methyl/N-ethyl adjacent to an activating group) is 1. The van der Waals surface area contributed by atoms with Crippen LogP contribution < -0.4 is 0 Å². The molecule has 1 aliphatic carbocycles. The zero-order chi connectivity index (χ0) is 34.6. The molecule has 0 aromatic heterocycles. The molecule has 0 fully saturated rings. The van der Waals surface area contributed by atoms with Crippen molar-refractivity contribution >= 4 is 6.09 Å². The van der Waals surface area contributed by atoms with E-state index >= 15 is 0 Å².